The Morgan fingerprint density at radius 1 is 1.32 bits per heavy atom. The molecule has 0 radical (unpaired) electrons. The first-order valence-electron chi connectivity index (χ1n) is 7.84. The second-order valence-corrected chi connectivity index (χ2v) is 6.74. The van der Waals surface area contributed by atoms with Gasteiger partial charge in [0.1, 0.15) is 11.8 Å². The second-order valence-electron chi connectivity index (χ2n) is 5.90. The number of aromatic nitrogens is 1. The van der Waals surface area contributed by atoms with Gasteiger partial charge in [-0.15, -0.1) is 0 Å². The van der Waals surface area contributed by atoms with Crippen LogP contribution in [0.3, 0.4) is 0 Å². The number of halogens is 2. The number of anilines is 1. The number of hydrogen-bond acceptors (Lipinski definition) is 6. The lowest BCUT2D eigenvalue weighted by Gasteiger charge is -2.34. The van der Waals surface area contributed by atoms with Gasteiger partial charge in [-0.3, -0.25) is 0 Å². The molecule has 1 saturated heterocycles. The van der Waals surface area contributed by atoms with Gasteiger partial charge >= 0.3 is 0 Å². The average molecular weight is 382 g/mol. The van der Waals surface area contributed by atoms with Crippen molar-refractivity contribution in [2.45, 2.75) is 32.7 Å². The Labute approximate surface area is 155 Å². The van der Waals surface area contributed by atoms with E-state index >= 15 is 0 Å². The lowest BCUT2D eigenvalue weighted by atomic mass is 10.2. The molecule has 0 amide bonds. The highest BCUT2D eigenvalue weighted by atomic mass is 35.5. The van der Waals surface area contributed by atoms with Crippen LogP contribution in [0.25, 0.3) is 0 Å². The maximum atomic E-state index is 9.35. The summed E-state index contributed by atoms with van der Waals surface area (Å²) in [5, 5.41) is 10.3. The molecule has 1 fully saturated rings. The SMILES string of the molecule is C[C@@H]1CN(c2oc(COc3ccc(Cl)cc3Cl)nc2C#N)C[C@@H](C)O1. The standard InChI is InChI=1S/C17H17Cl2N3O3/c1-10-7-22(8-11(2)24-10)17-14(6-20)21-16(25-17)9-23-15-4-3-12(18)5-13(15)19/h3-5,10-11H,7-9H2,1-2H3/t10-,11-/m1/s1. The first-order chi connectivity index (χ1) is 12.0. The summed E-state index contributed by atoms with van der Waals surface area (Å²) in [5.41, 5.74) is 0.238. The lowest BCUT2D eigenvalue weighted by molar-refractivity contribution is -0.00651. The van der Waals surface area contributed by atoms with E-state index < -0.39 is 0 Å². The zero-order chi connectivity index (χ0) is 18.0. The fourth-order valence-corrected chi connectivity index (χ4v) is 3.24. The number of rotatable bonds is 4. The Morgan fingerprint density at radius 2 is 2.04 bits per heavy atom. The summed E-state index contributed by atoms with van der Waals surface area (Å²) >= 11 is 11.9. The minimum absolute atomic E-state index is 0.0490. The minimum Gasteiger partial charge on any atom is -0.482 e. The van der Waals surface area contributed by atoms with Gasteiger partial charge < -0.3 is 18.8 Å². The normalized spacial score (nSPS) is 20.4. The molecule has 8 heteroatoms. The molecule has 132 valence electrons. The summed E-state index contributed by atoms with van der Waals surface area (Å²) in [6.45, 7) is 5.30. The largest absolute Gasteiger partial charge is 0.482 e. The van der Waals surface area contributed by atoms with Gasteiger partial charge in [-0.2, -0.15) is 10.2 Å². The first-order valence-corrected chi connectivity index (χ1v) is 8.60. The van der Waals surface area contributed by atoms with Crippen LogP contribution in [0.2, 0.25) is 10.0 Å². The molecule has 25 heavy (non-hydrogen) atoms. The van der Waals surface area contributed by atoms with Gasteiger partial charge in [0.25, 0.3) is 0 Å². The fraction of sp³-hybridized carbons (Fsp3) is 0.412. The number of nitrogens with zero attached hydrogens (tertiary/aromatic N) is 3. The maximum Gasteiger partial charge on any atom is 0.236 e. The highest BCUT2D eigenvalue weighted by molar-refractivity contribution is 6.35. The van der Waals surface area contributed by atoms with Crippen LogP contribution in [0, 0.1) is 11.3 Å². The van der Waals surface area contributed by atoms with Gasteiger partial charge in [0.15, 0.2) is 6.61 Å². The third kappa shape index (κ3) is 4.18. The topological polar surface area (TPSA) is 71.5 Å². The average Bonchev–Trinajstić information content (AvgIpc) is 2.96. The number of hydrogen-bond donors (Lipinski definition) is 0. The molecule has 2 aromatic rings. The van der Waals surface area contributed by atoms with Gasteiger partial charge in [0.05, 0.1) is 17.2 Å². The van der Waals surface area contributed by atoms with Gasteiger partial charge in [-0.1, -0.05) is 23.2 Å². The predicted octanol–water partition coefficient (Wildman–Crippen LogP) is 4.05. The molecule has 0 saturated carbocycles. The molecular formula is C17H17Cl2N3O3. The van der Waals surface area contributed by atoms with Crippen LogP contribution >= 0.6 is 23.2 Å². The molecule has 1 aromatic carbocycles. The van der Waals surface area contributed by atoms with E-state index in [0.29, 0.717) is 40.7 Å². The van der Waals surface area contributed by atoms with E-state index in [-0.39, 0.29) is 24.5 Å². The third-order valence-electron chi connectivity index (χ3n) is 3.71. The molecule has 1 aliphatic rings. The third-order valence-corrected chi connectivity index (χ3v) is 4.24. The van der Waals surface area contributed by atoms with Crippen molar-refractivity contribution < 1.29 is 13.9 Å². The van der Waals surface area contributed by atoms with Crippen LogP contribution in [0.5, 0.6) is 5.75 Å². The van der Waals surface area contributed by atoms with E-state index in [1.54, 1.807) is 18.2 Å². The quantitative estimate of drug-likeness (QED) is 0.795. The van der Waals surface area contributed by atoms with Gasteiger partial charge in [0, 0.05) is 18.1 Å². The number of ether oxygens (including phenoxy) is 2. The van der Waals surface area contributed by atoms with Crippen LogP contribution < -0.4 is 9.64 Å². The molecule has 0 N–H and O–H groups in total. The van der Waals surface area contributed by atoms with Crippen LogP contribution in [0.4, 0.5) is 5.88 Å². The van der Waals surface area contributed by atoms with E-state index in [0.717, 1.165) is 0 Å². The number of morpholine rings is 1. The summed E-state index contributed by atoms with van der Waals surface area (Å²) < 4.78 is 17.1. The number of oxazole rings is 1. The molecule has 0 unspecified atom stereocenters. The maximum absolute atomic E-state index is 9.35. The molecule has 2 heterocycles. The highest BCUT2D eigenvalue weighted by Gasteiger charge is 2.28. The molecule has 6 nitrogen and oxygen atoms in total. The van der Waals surface area contributed by atoms with Crippen LogP contribution in [-0.2, 0) is 11.3 Å². The number of benzene rings is 1. The van der Waals surface area contributed by atoms with E-state index in [4.69, 9.17) is 37.1 Å². The van der Waals surface area contributed by atoms with Crippen molar-refractivity contribution in [2.75, 3.05) is 18.0 Å². The van der Waals surface area contributed by atoms with E-state index in [2.05, 4.69) is 11.1 Å². The molecule has 0 bridgehead atoms. The van der Waals surface area contributed by atoms with Gasteiger partial charge in [-0.05, 0) is 32.0 Å². The smallest absolute Gasteiger partial charge is 0.236 e. The van der Waals surface area contributed by atoms with Crippen LogP contribution in [0.15, 0.2) is 22.6 Å². The first kappa shape index (κ1) is 17.9. The van der Waals surface area contributed by atoms with Crippen molar-refractivity contribution in [1.29, 1.82) is 5.26 Å². The lowest BCUT2D eigenvalue weighted by Crippen LogP contribution is -2.45. The Kier molecular flexibility index (Phi) is 5.38. The Morgan fingerprint density at radius 3 is 2.68 bits per heavy atom. The Bertz CT molecular complexity index is 793. The van der Waals surface area contributed by atoms with Crippen molar-refractivity contribution in [2.24, 2.45) is 0 Å². The minimum atomic E-state index is 0.0490. The van der Waals surface area contributed by atoms with E-state index in [9.17, 15) is 5.26 Å². The molecule has 0 aliphatic carbocycles. The monoisotopic (exact) mass is 381 g/mol. The number of nitriles is 1. The van der Waals surface area contributed by atoms with Crippen LogP contribution in [-0.4, -0.2) is 30.3 Å². The highest BCUT2D eigenvalue weighted by Crippen LogP contribution is 2.29. The Balaban J connectivity index is 1.75. The zero-order valence-electron chi connectivity index (χ0n) is 13.8. The predicted molar refractivity (Wildman–Crippen MR) is 94.2 cm³/mol. The van der Waals surface area contributed by atoms with E-state index in [1.165, 1.54) is 0 Å². The summed E-state index contributed by atoms with van der Waals surface area (Å²) in [6, 6.07) is 7.02. The zero-order valence-corrected chi connectivity index (χ0v) is 15.3. The summed E-state index contributed by atoms with van der Waals surface area (Å²) in [7, 11) is 0. The molecule has 3 rings (SSSR count). The summed E-state index contributed by atoms with van der Waals surface area (Å²) in [5.74, 6) is 1.23. The fourth-order valence-electron chi connectivity index (χ4n) is 2.78. The summed E-state index contributed by atoms with van der Waals surface area (Å²) in [4.78, 5) is 6.19. The van der Waals surface area contributed by atoms with Crippen molar-refractivity contribution in [1.82, 2.24) is 4.98 Å². The Hall–Kier alpha value is -1.94. The van der Waals surface area contributed by atoms with E-state index in [1.807, 2.05) is 18.7 Å². The van der Waals surface area contributed by atoms with Crippen molar-refractivity contribution in [3.63, 3.8) is 0 Å². The molecule has 0 spiro atoms. The van der Waals surface area contributed by atoms with Crippen LogP contribution in [0.1, 0.15) is 25.4 Å². The molecule has 2 atom stereocenters. The second kappa shape index (κ2) is 7.52. The van der Waals surface area contributed by atoms with Crippen molar-refractivity contribution >= 4 is 29.1 Å². The molecule has 1 aliphatic heterocycles. The van der Waals surface area contributed by atoms with Crippen molar-refractivity contribution in [3.8, 4) is 11.8 Å². The summed E-state index contributed by atoms with van der Waals surface area (Å²) in [6.07, 6.45) is 0.0981. The molecular weight excluding hydrogens is 365 g/mol. The molecule has 1 aromatic heterocycles. The van der Waals surface area contributed by atoms with Crippen molar-refractivity contribution in [3.05, 3.63) is 39.8 Å². The van der Waals surface area contributed by atoms with Gasteiger partial charge in [0.2, 0.25) is 17.5 Å². The van der Waals surface area contributed by atoms with Gasteiger partial charge in [-0.25, -0.2) is 0 Å².